The van der Waals surface area contributed by atoms with Crippen LogP contribution in [0.1, 0.15) is 21.5 Å². The van der Waals surface area contributed by atoms with Crippen LogP contribution in [0.3, 0.4) is 0 Å². The predicted molar refractivity (Wildman–Crippen MR) is 101 cm³/mol. The van der Waals surface area contributed by atoms with Crippen molar-refractivity contribution in [3.8, 4) is 23.0 Å². The van der Waals surface area contributed by atoms with Gasteiger partial charge in [-0.1, -0.05) is 6.07 Å². The van der Waals surface area contributed by atoms with Gasteiger partial charge < -0.3 is 19.3 Å². The molecule has 0 saturated heterocycles. The summed E-state index contributed by atoms with van der Waals surface area (Å²) in [5, 5.41) is 9.80. The fourth-order valence-corrected chi connectivity index (χ4v) is 4.07. The lowest BCUT2D eigenvalue weighted by atomic mass is 10.0. The van der Waals surface area contributed by atoms with Crippen LogP contribution in [-0.4, -0.2) is 46.9 Å². The van der Waals surface area contributed by atoms with Crippen molar-refractivity contribution >= 4 is 16.1 Å². The predicted octanol–water partition coefficient (Wildman–Crippen LogP) is 2.39. The van der Waals surface area contributed by atoms with Gasteiger partial charge >= 0.3 is 0 Å². The number of phenols is 1. The summed E-state index contributed by atoms with van der Waals surface area (Å²) >= 11 is 0. The smallest absolute Gasteiger partial charge is 0.160 e. The molecule has 0 aliphatic rings. The van der Waals surface area contributed by atoms with E-state index in [4.69, 9.17) is 14.2 Å². The van der Waals surface area contributed by atoms with Crippen molar-refractivity contribution in [3.05, 3.63) is 47.0 Å². The third-order valence-corrected chi connectivity index (χ3v) is 5.69. The fraction of sp³-hybridized carbons (Fsp3) is 0.316. The van der Waals surface area contributed by atoms with Gasteiger partial charge in [-0.15, -0.1) is 0 Å². The quantitative estimate of drug-likeness (QED) is 0.652. The number of sulfone groups is 1. The number of hydrogen-bond donors (Lipinski definition) is 1. The molecule has 8 heteroatoms. The Bertz CT molecular complexity index is 920. The van der Waals surface area contributed by atoms with E-state index in [1.165, 1.54) is 33.5 Å². The highest BCUT2D eigenvalue weighted by atomic mass is 32.2. The van der Waals surface area contributed by atoms with Crippen molar-refractivity contribution in [1.82, 2.24) is 0 Å². The number of phenolic OH excluding ortho intramolecular Hbond substituents is 1. The molecule has 0 aromatic heterocycles. The molecule has 0 aliphatic heterocycles. The number of carbonyl (C=O) groups is 1. The number of carbonyl (C=O) groups excluding carboxylic acids is 1. The third kappa shape index (κ3) is 5.13. The van der Waals surface area contributed by atoms with Crippen LogP contribution in [0, 0.1) is 0 Å². The highest BCUT2D eigenvalue weighted by molar-refractivity contribution is 7.90. The van der Waals surface area contributed by atoms with Gasteiger partial charge in [0, 0.05) is 17.2 Å². The molecule has 27 heavy (non-hydrogen) atoms. The molecular formula is C19H22O7S. The van der Waals surface area contributed by atoms with Crippen molar-refractivity contribution in [2.75, 3.05) is 27.1 Å². The summed E-state index contributed by atoms with van der Waals surface area (Å²) in [4.78, 5) is 11.4. The second-order valence-corrected chi connectivity index (χ2v) is 8.05. The maximum absolute atomic E-state index is 12.5. The number of aldehydes is 1. The van der Waals surface area contributed by atoms with Gasteiger partial charge in [-0.25, -0.2) is 8.42 Å². The minimum Gasteiger partial charge on any atom is -0.504 e. The molecule has 7 nitrogen and oxygen atoms in total. The Morgan fingerprint density at radius 3 is 2.26 bits per heavy atom. The Balaban J connectivity index is 2.20. The number of methoxy groups -OCH3 is 3. The van der Waals surface area contributed by atoms with Crippen molar-refractivity contribution in [2.45, 2.75) is 12.2 Å². The van der Waals surface area contributed by atoms with Crippen LogP contribution in [0.5, 0.6) is 23.0 Å². The van der Waals surface area contributed by atoms with Crippen LogP contribution in [0.4, 0.5) is 0 Å². The number of rotatable bonds is 9. The largest absolute Gasteiger partial charge is 0.504 e. The van der Waals surface area contributed by atoms with Crippen molar-refractivity contribution in [2.24, 2.45) is 0 Å². The minimum atomic E-state index is -3.49. The molecule has 146 valence electrons. The topological polar surface area (TPSA) is 99.1 Å². The maximum atomic E-state index is 12.5. The summed E-state index contributed by atoms with van der Waals surface area (Å²) < 4.78 is 40.3. The summed E-state index contributed by atoms with van der Waals surface area (Å²) in [6.07, 6.45) is 0.764. The molecule has 0 atom stereocenters. The minimum absolute atomic E-state index is 0.117. The number of benzene rings is 2. The molecule has 2 aromatic rings. The summed E-state index contributed by atoms with van der Waals surface area (Å²) in [5.74, 6) is 0.589. The van der Waals surface area contributed by atoms with Gasteiger partial charge in [0.2, 0.25) is 0 Å². The Labute approximate surface area is 158 Å². The molecule has 2 aromatic carbocycles. The standard InChI is InChI=1S/C19H22O7S/c1-24-15-9-14(11-20)16(19(10-15)26-3)6-7-27(22,23)12-13-4-5-18(25-2)17(21)8-13/h4-5,8-11,21H,6-7,12H2,1-3H3. The molecular weight excluding hydrogens is 372 g/mol. The molecule has 0 unspecified atom stereocenters. The summed E-state index contributed by atoms with van der Waals surface area (Å²) in [7, 11) is 0.841. The van der Waals surface area contributed by atoms with E-state index in [-0.39, 0.29) is 29.4 Å². The van der Waals surface area contributed by atoms with Crippen LogP contribution < -0.4 is 14.2 Å². The van der Waals surface area contributed by atoms with Crippen molar-refractivity contribution < 1.29 is 32.5 Å². The Hall–Kier alpha value is -2.74. The van der Waals surface area contributed by atoms with E-state index in [2.05, 4.69) is 0 Å². The molecule has 0 bridgehead atoms. The Kier molecular flexibility index (Phi) is 6.68. The number of aromatic hydroxyl groups is 1. The van der Waals surface area contributed by atoms with E-state index in [9.17, 15) is 18.3 Å². The van der Waals surface area contributed by atoms with Gasteiger partial charge in [-0.3, -0.25) is 4.79 Å². The zero-order chi connectivity index (χ0) is 20.0. The summed E-state index contributed by atoms with van der Waals surface area (Å²) in [5.41, 5.74) is 1.28. The fourth-order valence-electron chi connectivity index (χ4n) is 2.72. The second kappa shape index (κ2) is 8.77. The molecule has 0 radical (unpaired) electrons. The van der Waals surface area contributed by atoms with Crippen LogP contribution in [0.15, 0.2) is 30.3 Å². The normalized spacial score (nSPS) is 11.1. The molecule has 0 amide bonds. The highest BCUT2D eigenvalue weighted by Crippen LogP contribution is 2.30. The first-order valence-electron chi connectivity index (χ1n) is 8.10. The Morgan fingerprint density at radius 2 is 1.70 bits per heavy atom. The first-order chi connectivity index (χ1) is 12.8. The number of ether oxygens (including phenoxy) is 3. The van der Waals surface area contributed by atoms with E-state index in [0.717, 1.165) is 0 Å². The molecule has 0 saturated carbocycles. The zero-order valence-electron chi connectivity index (χ0n) is 15.4. The zero-order valence-corrected chi connectivity index (χ0v) is 16.2. The van der Waals surface area contributed by atoms with E-state index >= 15 is 0 Å². The SMILES string of the molecule is COc1cc(C=O)c(CCS(=O)(=O)Cc2ccc(OC)c(O)c2)c(OC)c1. The molecule has 0 aliphatic carbocycles. The summed E-state index contributed by atoms with van der Waals surface area (Å²) in [6.45, 7) is 0. The van der Waals surface area contributed by atoms with Crippen LogP contribution >= 0.6 is 0 Å². The molecule has 0 spiro atoms. The van der Waals surface area contributed by atoms with Crippen molar-refractivity contribution in [1.29, 1.82) is 0 Å². The molecule has 1 N–H and O–H groups in total. The van der Waals surface area contributed by atoms with Crippen molar-refractivity contribution in [3.63, 3.8) is 0 Å². The van der Waals surface area contributed by atoms with Crippen LogP contribution in [-0.2, 0) is 22.0 Å². The second-order valence-electron chi connectivity index (χ2n) is 5.86. The molecule has 0 heterocycles. The average molecular weight is 394 g/mol. The highest BCUT2D eigenvalue weighted by Gasteiger charge is 2.18. The van der Waals surface area contributed by atoms with E-state index in [1.807, 2.05) is 0 Å². The van der Waals surface area contributed by atoms with E-state index in [0.29, 0.717) is 34.5 Å². The van der Waals surface area contributed by atoms with Gasteiger partial charge in [0.15, 0.2) is 27.6 Å². The molecule has 2 rings (SSSR count). The van der Waals surface area contributed by atoms with Gasteiger partial charge in [0.05, 0.1) is 32.8 Å². The summed E-state index contributed by atoms with van der Waals surface area (Å²) in [6, 6.07) is 7.61. The monoisotopic (exact) mass is 394 g/mol. The van der Waals surface area contributed by atoms with E-state index in [1.54, 1.807) is 18.2 Å². The maximum Gasteiger partial charge on any atom is 0.160 e. The lowest BCUT2D eigenvalue weighted by Gasteiger charge is -2.13. The number of hydrogen-bond acceptors (Lipinski definition) is 7. The first-order valence-corrected chi connectivity index (χ1v) is 9.92. The van der Waals surface area contributed by atoms with Gasteiger partial charge in [-0.05, 0) is 30.2 Å². The first kappa shape index (κ1) is 20.6. The third-order valence-electron chi connectivity index (χ3n) is 4.09. The lowest BCUT2D eigenvalue weighted by Crippen LogP contribution is -2.13. The average Bonchev–Trinajstić information content (AvgIpc) is 2.65. The lowest BCUT2D eigenvalue weighted by molar-refractivity contribution is 0.112. The van der Waals surface area contributed by atoms with E-state index < -0.39 is 9.84 Å². The van der Waals surface area contributed by atoms with Gasteiger partial charge in [-0.2, -0.15) is 0 Å². The molecule has 0 fully saturated rings. The Morgan fingerprint density at radius 1 is 1.00 bits per heavy atom. The van der Waals surface area contributed by atoms with Gasteiger partial charge in [0.1, 0.15) is 11.5 Å². The van der Waals surface area contributed by atoms with Crippen LogP contribution in [0.2, 0.25) is 0 Å². The van der Waals surface area contributed by atoms with Crippen LogP contribution in [0.25, 0.3) is 0 Å². The van der Waals surface area contributed by atoms with Gasteiger partial charge in [0.25, 0.3) is 0 Å².